The number of hydrogen-bond donors (Lipinski definition) is 1. The minimum Gasteiger partial charge on any atom is -0.306 e. The van der Waals surface area contributed by atoms with Crippen molar-refractivity contribution in [1.29, 1.82) is 0 Å². The molecule has 0 fully saturated rings. The summed E-state index contributed by atoms with van der Waals surface area (Å²) < 4.78 is 2.90. The molecule has 1 N–H and O–H groups in total. The summed E-state index contributed by atoms with van der Waals surface area (Å²) in [5, 5.41) is 6.00. The Bertz CT molecular complexity index is 565. The Hall–Kier alpha value is -0.640. The zero-order chi connectivity index (χ0) is 14.5. The van der Waals surface area contributed by atoms with Crippen LogP contribution in [-0.2, 0) is 0 Å². The number of allylic oxidation sites excluding steroid dienone is 1. The van der Waals surface area contributed by atoms with Crippen molar-refractivity contribution in [2.24, 2.45) is 0 Å². The first kappa shape index (κ1) is 15.3. The van der Waals surface area contributed by atoms with Crippen LogP contribution in [-0.4, -0.2) is 6.54 Å². The topological polar surface area (TPSA) is 12.0 Å². The Kier molecular flexibility index (Phi) is 5.50. The van der Waals surface area contributed by atoms with E-state index in [2.05, 4.69) is 35.8 Å². The summed E-state index contributed by atoms with van der Waals surface area (Å²) in [7, 11) is 0. The average molecular weight is 320 g/mol. The van der Waals surface area contributed by atoms with Gasteiger partial charge in [0.1, 0.15) is 0 Å². The molecule has 0 radical (unpaired) electrons. The number of nitrogens with one attached hydrogen (secondary N) is 1. The van der Waals surface area contributed by atoms with Crippen molar-refractivity contribution in [1.82, 2.24) is 5.32 Å². The number of fused-ring (bicyclic) bond motifs is 1. The van der Waals surface area contributed by atoms with Gasteiger partial charge in [0, 0.05) is 14.3 Å². The van der Waals surface area contributed by atoms with Gasteiger partial charge in [-0.3, -0.25) is 0 Å². The van der Waals surface area contributed by atoms with E-state index in [4.69, 9.17) is 0 Å². The van der Waals surface area contributed by atoms with E-state index in [0.717, 1.165) is 6.54 Å². The van der Waals surface area contributed by atoms with Crippen molar-refractivity contribution < 1.29 is 0 Å². The fourth-order valence-corrected chi connectivity index (χ4v) is 5.35. The Morgan fingerprint density at radius 3 is 2.95 bits per heavy atom. The van der Waals surface area contributed by atoms with Crippen molar-refractivity contribution in [2.75, 3.05) is 6.54 Å². The lowest BCUT2D eigenvalue weighted by molar-refractivity contribution is 0.545. The van der Waals surface area contributed by atoms with Crippen LogP contribution in [0.3, 0.4) is 0 Å². The second-order valence-electron chi connectivity index (χ2n) is 5.92. The van der Waals surface area contributed by atoms with Crippen LogP contribution in [0.1, 0.15) is 62.8 Å². The third kappa shape index (κ3) is 3.77. The van der Waals surface area contributed by atoms with Gasteiger partial charge in [0.25, 0.3) is 0 Å². The lowest BCUT2D eigenvalue weighted by Crippen LogP contribution is -2.23. The van der Waals surface area contributed by atoms with Crippen molar-refractivity contribution in [3.8, 4) is 0 Å². The van der Waals surface area contributed by atoms with E-state index in [1.165, 1.54) is 59.2 Å². The minimum atomic E-state index is 0.452. The van der Waals surface area contributed by atoms with Crippen LogP contribution < -0.4 is 5.32 Å². The molecule has 0 spiro atoms. The molecule has 114 valence electrons. The van der Waals surface area contributed by atoms with Gasteiger partial charge in [-0.25, -0.2) is 0 Å². The molecule has 0 aliphatic heterocycles. The second-order valence-corrected chi connectivity index (χ2v) is 7.98. The summed E-state index contributed by atoms with van der Waals surface area (Å²) in [5.41, 5.74) is 1.64. The molecule has 2 aromatic heterocycles. The molecule has 3 rings (SSSR count). The summed E-state index contributed by atoms with van der Waals surface area (Å²) in [6.07, 6.45) is 11.8. The average Bonchev–Trinajstić information content (AvgIpc) is 3.02. The van der Waals surface area contributed by atoms with E-state index in [9.17, 15) is 0 Å². The zero-order valence-corrected chi connectivity index (χ0v) is 14.5. The van der Waals surface area contributed by atoms with Crippen LogP contribution in [0.15, 0.2) is 29.2 Å². The van der Waals surface area contributed by atoms with Crippen LogP contribution in [0.2, 0.25) is 0 Å². The van der Waals surface area contributed by atoms with Gasteiger partial charge in [0.05, 0.1) is 6.04 Å². The van der Waals surface area contributed by atoms with E-state index in [1.54, 1.807) is 5.57 Å². The monoisotopic (exact) mass is 319 g/mol. The van der Waals surface area contributed by atoms with E-state index in [0.29, 0.717) is 6.04 Å². The molecule has 1 atom stereocenters. The van der Waals surface area contributed by atoms with Gasteiger partial charge in [-0.1, -0.05) is 31.4 Å². The fraction of sp³-hybridized carbons (Fsp3) is 0.556. The lowest BCUT2D eigenvalue weighted by Gasteiger charge is -2.22. The molecule has 1 nitrogen and oxygen atoms in total. The van der Waals surface area contributed by atoms with Gasteiger partial charge in [0.15, 0.2) is 0 Å². The molecule has 2 aromatic rings. The van der Waals surface area contributed by atoms with Crippen LogP contribution in [0.25, 0.3) is 9.40 Å². The second kappa shape index (κ2) is 7.57. The molecule has 2 heterocycles. The molecule has 21 heavy (non-hydrogen) atoms. The number of thiophene rings is 2. The predicted octanol–water partition coefficient (Wildman–Crippen LogP) is 6.28. The summed E-state index contributed by atoms with van der Waals surface area (Å²) >= 11 is 3.84. The molecule has 0 saturated heterocycles. The predicted molar refractivity (Wildman–Crippen MR) is 96.5 cm³/mol. The SMILES string of the molecule is CCCNC(/C1=C/CCCCCC1)c1cc2sccc2s1. The molecular weight excluding hydrogens is 294 g/mol. The maximum Gasteiger partial charge on any atom is 0.0631 e. The maximum absolute atomic E-state index is 3.80. The van der Waals surface area contributed by atoms with Gasteiger partial charge in [0.2, 0.25) is 0 Å². The van der Waals surface area contributed by atoms with E-state index < -0.39 is 0 Å². The lowest BCUT2D eigenvalue weighted by atomic mass is 9.94. The smallest absolute Gasteiger partial charge is 0.0631 e. The molecule has 0 amide bonds. The first-order chi connectivity index (χ1) is 10.4. The highest BCUT2D eigenvalue weighted by Gasteiger charge is 2.19. The molecule has 0 aromatic carbocycles. The highest BCUT2D eigenvalue weighted by Crippen LogP contribution is 2.37. The summed E-state index contributed by atoms with van der Waals surface area (Å²) in [6.45, 7) is 3.36. The number of hydrogen-bond acceptors (Lipinski definition) is 3. The molecule has 1 aliphatic rings. The highest BCUT2D eigenvalue weighted by molar-refractivity contribution is 7.27. The summed E-state index contributed by atoms with van der Waals surface area (Å²) in [6, 6.07) is 5.13. The quantitative estimate of drug-likeness (QED) is 0.639. The van der Waals surface area contributed by atoms with Crippen molar-refractivity contribution in [3.63, 3.8) is 0 Å². The molecule has 1 aliphatic carbocycles. The summed E-state index contributed by atoms with van der Waals surface area (Å²) in [5.74, 6) is 0. The van der Waals surface area contributed by atoms with Crippen molar-refractivity contribution in [2.45, 2.75) is 57.9 Å². The fourth-order valence-electron chi connectivity index (χ4n) is 3.11. The number of rotatable bonds is 5. The normalized spacial score (nSPS) is 20.7. The first-order valence-corrected chi connectivity index (χ1v) is 9.97. The van der Waals surface area contributed by atoms with Gasteiger partial charge in [-0.2, -0.15) is 0 Å². The van der Waals surface area contributed by atoms with Gasteiger partial charge < -0.3 is 5.32 Å². The third-order valence-corrected chi connectivity index (χ3v) is 6.40. The molecule has 0 saturated carbocycles. The third-order valence-electron chi connectivity index (χ3n) is 4.24. The zero-order valence-electron chi connectivity index (χ0n) is 12.9. The van der Waals surface area contributed by atoms with Crippen LogP contribution in [0.4, 0.5) is 0 Å². The molecule has 1 unspecified atom stereocenters. The van der Waals surface area contributed by atoms with E-state index >= 15 is 0 Å². The van der Waals surface area contributed by atoms with Gasteiger partial charge in [-0.15, -0.1) is 22.7 Å². The van der Waals surface area contributed by atoms with Gasteiger partial charge >= 0.3 is 0 Å². The molecule has 0 bridgehead atoms. The highest BCUT2D eigenvalue weighted by atomic mass is 32.1. The van der Waals surface area contributed by atoms with Crippen molar-refractivity contribution in [3.05, 3.63) is 34.0 Å². The summed E-state index contributed by atoms with van der Waals surface area (Å²) in [4.78, 5) is 1.51. The van der Waals surface area contributed by atoms with E-state index in [1.807, 2.05) is 22.7 Å². The Morgan fingerprint density at radius 1 is 1.19 bits per heavy atom. The molecule has 3 heteroatoms. The van der Waals surface area contributed by atoms with Crippen LogP contribution in [0, 0.1) is 0 Å². The van der Waals surface area contributed by atoms with Crippen molar-refractivity contribution >= 4 is 32.1 Å². The van der Waals surface area contributed by atoms with Crippen LogP contribution >= 0.6 is 22.7 Å². The maximum atomic E-state index is 3.80. The van der Waals surface area contributed by atoms with Crippen LogP contribution in [0.5, 0.6) is 0 Å². The minimum absolute atomic E-state index is 0.452. The Morgan fingerprint density at radius 2 is 2.10 bits per heavy atom. The van der Waals surface area contributed by atoms with Gasteiger partial charge in [-0.05, 0) is 56.2 Å². The Labute approximate surface area is 136 Å². The largest absolute Gasteiger partial charge is 0.306 e. The molecular formula is C18H25NS2. The van der Waals surface area contributed by atoms with E-state index in [-0.39, 0.29) is 0 Å². The first-order valence-electron chi connectivity index (χ1n) is 8.27. The standard InChI is InChI=1S/C18H25NS2/c1-2-11-19-18(14-8-6-4-3-5-7-9-14)17-13-16-15(21-17)10-12-20-16/h8,10,12-13,18-19H,2-7,9,11H2,1H3/b14-8+. The Balaban J connectivity index is 1.86.